The summed E-state index contributed by atoms with van der Waals surface area (Å²) in [6.45, 7) is 7.41. The van der Waals surface area contributed by atoms with E-state index in [1.54, 1.807) is 6.92 Å². The molecule has 0 saturated carbocycles. The van der Waals surface area contributed by atoms with Crippen LogP contribution in [0.15, 0.2) is 4.42 Å². The first-order valence-corrected chi connectivity index (χ1v) is 6.30. The van der Waals surface area contributed by atoms with E-state index in [-0.39, 0.29) is 6.04 Å². The Labute approximate surface area is 115 Å². The fourth-order valence-electron chi connectivity index (χ4n) is 1.96. The van der Waals surface area contributed by atoms with Crippen molar-refractivity contribution in [2.45, 2.75) is 33.7 Å². The molecule has 0 amide bonds. The summed E-state index contributed by atoms with van der Waals surface area (Å²) in [6.07, 6.45) is 0. The maximum Gasteiger partial charge on any atom is 0.252 e. The van der Waals surface area contributed by atoms with Crippen LogP contribution in [0.3, 0.4) is 0 Å². The zero-order valence-corrected chi connectivity index (χ0v) is 11.7. The van der Waals surface area contributed by atoms with Crippen molar-refractivity contribution in [2.24, 2.45) is 0 Å². The largest absolute Gasteiger partial charge is 0.422 e. The number of nitrogens with one attached hydrogen (secondary N) is 2. The molecule has 8 heteroatoms. The number of hydrogen-bond acceptors (Lipinski definition) is 7. The van der Waals surface area contributed by atoms with Crippen LogP contribution in [0.5, 0.6) is 0 Å². The molecule has 0 aliphatic heterocycles. The number of aromatic amines is 1. The number of H-pyrrole nitrogens is 1. The Balaban J connectivity index is 1.97. The minimum absolute atomic E-state index is 0.102. The number of nitrogens with zero attached hydrogens (tertiary/aromatic N) is 5. The Morgan fingerprint density at radius 3 is 2.60 bits per heavy atom. The molecule has 0 radical (unpaired) electrons. The highest BCUT2D eigenvalue weighted by Gasteiger charge is 2.16. The molecule has 104 valence electrons. The van der Waals surface area contributed by atoms with Crippen LogP contribution in [0.25, 0.3) is 11.2 Å². The average Bonchev–Trinajstić information content (AvgIpc) is 2.94. The number of anilines is 1. The van der Waals surface area contributed by atoms with Crippen molar-refractivity contribution in [3.63, 3.8) is 0 Å². The molecular weight excluding hydrogens is 258 g/mol. The summed E-state index contributed by atoms with van der Waals surface area (Å²) in [5, 5.41) is 10.2. The lowest BCUT2D eigenvalue weighted by molar-refractivity contribution is 0.550. The van der Waals surface area contributed by atoms with Gasteiger partial charge in [-0.3, -0.25) is 5.10 Å². The van der Waals surface area contributed by atoms with Crippen LogP contribution in [0.1, 0.15) is 36.3 Å². The molecule has 20 heavy (non-hydrogen) atoms. The summed E-state index contributed by atoms with van der Waals surface area (Å²) in [6, 6.07) is -0.102. The summed E-state index contributed by atoms with van der Waals surface area (Å²) in [5.74, 6) is 3.25. The van der Waals surface area contributed by atoms with Crippen LogP contribution < -0.4 is 5.32 Å². The average molecular weight is 273 g/mol. The van der Waals surface area contributed by atoms with Gasteiger partial charge in [-0.05, 0) is 20.8 Å². The Morgan fingerprint density at radius 1 is 1.10 bits per heavy atom. The third-order valence-electron chi connectivity index (χ3n) is 2.83. The van der Waals surface area contributed by atoms with Crippen molar-refractivity contribution in [3.8, 4) is 0 Å². The zero-order valence-electron chi connectivity index (χ0n) is 11.7. The van der Waals surface area contributed by atoms with Gasteiger partial charge in [0, 0.05) is 6.92 Å². The molecule has 0 fully saturated rings. The van der Waals surface area contributed by atoms with E-state index in [1.165, 1.54) is 0 Å². The summed E-state index contributed by atoms with van der Waals surface area (Å²) >= 11 is 0. The minimum atomic E-state index is -0.102. The molecular formula is C12H15N7O. The van der Waals surface area contributed by atoms with Gasteiger partial charge < -0.3 is 9.73 Å². The fourth-order valence-corrected chi connectivity index (χ4v) is 1.96. The molecule has 0 aliphatic carbocycles. The van der Waals surface area contributed by atoms with Gasteiger partial charge in [0.05, 0.1) is 6.04 Å². The molecule has 3 aromatic heterocycles. The van der Waals surface area contributed by atoms with E-state index >= 15 is 0 Å². The Kier molecular flexibility index (Phi) is 2.85. The fraction of sp³-hybridized carbons (Fsp3) is 0.417. The van der Waals surface area contributed by atoms with E-state index in [0.29, 0.717) is 34.6 Å². The van der Waals surface area contributed by atoms with Crippen molar-refractivity contribution in [1.82, 2.24) is 30.1 Å². The molecule has 0 aliphatic rings. The third kappa shape index (κ3) is 2.20. The van der Waals surface area contributed by atoms with Crippen molar-refractivity contribution in [1.29, 1.82) is 0 Å². The lowest BCUT2D eigenvalue weighted by atomic mass is 10.3. The van der Waals surface area contributed by atoms with Crippen molar-refractivity contribution in [2.75, 3.05) is 5.32 Å². The van der Waals surface area contributed by atoms with E-state index in [1.807, 2.05) is 20.8 Å². The van der Waals surface area contributed by atoms with Gasteiger partial charge in [-0.25, -0.2) is 15.0 Å². The summed E-state index contributed by atoms with van der Waals surface area (Å²) < 4.78 is 5.44. The van der Waals surface area contributed by atoms with Gasteiger partial charge in [0.15, 0.2) is 23.0 Å². The first-order chi connectivity index (χ1) is 9.52. The number of hydrogen-bond donors (Lipinski definition) is 2. The maximum atomic E-state index is 5.44. The highest BCUT2D eigenvalue weighted by atomic mass is 16.4. The molecule has 0 saturated heterocycles. The second-order valence-electron chi connectivity index (χ2n) is 4.65. The summed E-state index contributed by atoms with van der Waals surface area (Å²) in [5.41, 5.74) is 1.10. The number of fused-ring (bicyclic) bond motifs is 1. The Morgan fingerprint density at radius 2 is 1.90 bits per heavy atom. The van der Waals surface area contributed by atoms with Gasteiger partial charge in [-0.15, -0.1) is 0 Å². The Hall–Kier alpha value is -2.51. The second-order valence-corrected chi connectivity index (χ2v) is 4.65. The smallest absolute Gasteiger partial charge is 0.252 e. The standard InChI is InChI=1S/C12H15N7O/c1-5(10-15-7(3)18-19-10)13-11-9-12(16-6(2)14-11)20-8(4)17-9/h5H,1-4H3,(H,13,14,16)(H,15,18,19). The van der Waals surface area contributed by atoms with Gasteiger partial charge in [0.1, 0.15) is 11.6 Å². The summed E-state index contributed by atoms with van der Waals surface area (Å²) in [4.78, 5) is 17.2. The molecule has 3 aromatic rings. The number of aryl methyl sites for hydroxylation is 3. The van der Waals surface area contributed by atoms with Crippen LogP contribution in [0.4, 0.5) is 5.82 Å². The van der Waals surface area contributed by atoms with Crippen LogP contribution in [0.2, 0.25) is 0 Å². The predicted molar refractivity (Wildman–Crippen MR) is 72.2 cm³/mol. The summed E-state index contributed by atoms with van der Waals surface area (Å²) in [7, 11) is 0. The number of oxazole rings is 1. The highest BCUT2D eigenvalue weighted by Crippen LogP contribution is 2.23. The topological polar surface area (TPSA) is 105 Å². The van der Waals surface area contributed by atoms with Gasteiger partial charge in [0.25, 0.3) is 5.71 Å². The van der Waals surface area contributed by atoms with Crippen LogP contribution >= 0.6 is 0 Å². The SMILES string of the molecule is Cc1nc(NC(C)c2n[nH]c(C)n2)c2nc(C)oc2n1. The van der Waals surface area contributed by atoms with E-state index < -0.39 is 0 Å². The Bertz CT molecular complexity index is 760. The van der Waals surface area contributed by atoms with Crippen molar-refractivity contribution in [3.05, 3.63) is 23.4 Å². The second kappa shape index (κ2) is 4.55. The molecule has 3 rings (SSSR count). The van der Waals surface area contributed by atoms with Crippen molar-refractivity contribution >= 4 is 17.0 Å². The molecule has 2 N–H and O–H groups in total. The highest BCUT2D eigenvalue weighted by molar-refractivity contribution is 5.81. The van der Waals surface area contributed by atoms with E-state index in [0.717, 1.165) is 5.82 Å². The maximum absolute atomic E-state index is 5.44. The van der Waals surface area contributed by atoms with Gasteiger partial charge in [-0.2, -0.15) is 10.1 Å². The minimum Gasteiger partial charge on any atom is -0.422 e. The van der Waals surface area contributed by atoms with Crippen LogP contribution in [0, 0.1) is 20.8 Å². The van der Waals surface area contributed by atoms with E-state index in [4.69, 9.17) is 4.42 Å². The number of aromatic nitrogens is 6. The van der Waals surface area contributed by atoms with Gasteiger partial charge in [0.2, 0.25) is 0 Å². The molecule has 3 heterocycles. The first kappa shape index (κ1) is 12.5. The third-order valence-corrected chi connectivity index (χ3v) is 2.83. The van der Waals surface area contributed by atoms with Gasteiger partial charge >= 0.3 is 0 Å². The number of rotatable bonds is 3. The lowest BCUT2D eigenvalue weighted by Gasteiger charge is -2.11. The molecule has 8 nitrogen and oxygen atoms in total. The quantitative estimate of drug-likeness (QED) is 0.749. The normalized spacial score (nSPS) is 12.8. The molecule has 0 bridgehead atoms. The molecule has 1 atom stereocenters. The lowest BCUT2D eigenvalue weighted by Crippen LogP contribution is -2.11. The van der Waals surface area contributed by atoms with Crippen LogP contribution in [-0.2, 0) is 0 Å². The van der Waals surface area contributed by atoms with Crippen molar-refractivity contribution < 1.29 is 4.42 Å². The molecule has 0 spiro atoms. The monoisotopic (exact) mass is 273 g/mol. The van der Waals surface area contributed by atoms with E-state index in [9.17, 15) is 0 Å². The van der Waals surface area contributed by atoms with Crippen LogP contribution in [-0.4, -0.2) is 30.1 Å². The zero-order chi connectivity index (χ0) is 14.3. The predicted octanol–water partition coefficient (Wildman–Crippen LogP) is 1.83. The molecule has 0 aromatic carbocycles. The van der Waals surface area contributed by atoms with E-state index in [2.05, 4.69) is 35.5 Å². The molecule has 1 unspecified atom stereocenters. The first-order valence-electron chi connectivity index (χ1n) is 6.30. The van der Waals surface area contributed by atoms with Gasteiger partial charge in [-0.1, -0.05) is 0 Å².